The van der Waals surface area contributed by atoms with E-state index in [0.717, 1.165) is 0 Å². The smallest absolute Gasteiger partial charge is 0.103 e. The molecule has 1 aliphatic rings. The molecule has 4 nitrogen and oxygen atoms in total. The number of aliphatic hydroxyl groups excluding tert-OH is 3. The Labute approximate surface area is 59.1 Å². The molecule has 1 aliphatic heterocycles. The lowest BCUT2D eigenvalue weighted by Crippen LogP contribution is -2.28. The molecule has 3 atom stereocenters. The predicted molar refractivity (Wildman–Crippen MR) is 33.5 cm³/mol. The molecular weight excluding hydrogens is 136 g/mol. The molecule has 0 aliphatic carbocycles. The van der Waals surface area contributed by atoms with Crippen LogP contribution in [-0.2, 0) is 4.74 Å². The molecule has 2 unspecified atom stereocenters. The van der Waals surface area contributed by atoms with Gasteiger partial charge in [-0.2, -0.15) is 0 Å². The molecule has 1 saturated heterocycles. The van der Waals surface area contributed by atoms with Crippen molar-refractivity contribution in [2.45, 2.75) is 24.7 Å². The number of rotatable bonds is 2. The lowest BCUT2D eigenvalue weighted by Gasteiger charge is -2.13. The first kappa shape index (κ1) is 7.94. The molecule has 0 aromatic heterocycles. The SMILES string of the molecule is OCC(O)C1C[C@H](O)CO1. The molecular formula is C6H12O4. The Balaban J connectivity index is 2.29. The summed E-state index contributed by atoms with van der Waals surface area (Å²) < 4.78 is 4.96. The second-order valence-electron chi connectivity index (χ2n) is 2.51. The van der Waals surface area contributed by atoms with Gasteiger partial charge in [0.2, 0.25) is 0 Å². The largest absolute Gasteiger partial charge is 0.394 e. The Kier molecular flexibility index (Phi) is 2.62. The van der Waals surface area contributed by atoms with E-state index >= 15 is 0 Å². The number of hydrogen-bond acceptors (Lipinski definition) is 4. The molecule has 0 spiro atoms. The van der Waals surface area contributed by atoms with Gasteiger partial charge >= 0.3 is 0 Å². The molecule has 1 rings (SSSR count). The van der Waals surface area contributed by atoms with E-state index in [2.05, 4.69) is 0 Å². The first-order valence-corrected chi connectivity index (χ1v) is 3.32. The van der Waals surface area contributed by atoms with Crippen LogP contribution < -0.4 is 0 Å². The van der Waals surface area contributed by atoms with Crippen LogP contribution in [0, 0.1) is 0 Å². The predicted octanol–water partition coefficient (Wildman–Crippen LogP) is -1.51. The molecule has 0 radical (unpaired) electrons. The van der Waals surface area contributed by atoms with E-state index < -0.39 is 12.2 Å². The van der Waals surface area contributed by atoms with Gasteiger partial charge in [-0.15, -0.1) is 0 Å². The van der Waals surface area contributed by atoms with Gasteiger partial charge < -0.3 is 20.1 Å². The summed E-state index contributed by atoms with van der Waals surface area (Å²) >= 11 is 0. The van der Waals surface area contributed by atoms with Gasteiger partial charge in [0.05, 0.1) is 25.4 Å². The van der Waals surface area contributed by atoms with Crippen molar-refractivity contribution in [3.63, 3.8) is 0 Å². The monoisotopic (exact) mass is 148 g/mol. The summed E-state index contributed by atoms with van der Waals surface area (Å²) in [6, 6.07) is 0. The van der Waals surface area contributed by atoms with Crippen molar-refractivity contribution in [2.75, 3.05) is 13.2 Å². The minimum Gasteiger partial charge on any atom is -0.394 e. The number of ether oxygens (including phenoxy) is 1. The van der Waals surface area contributed by atoms with E-state index in [9.17, 15) is 0 Å². The molecule has 1 fully saturated rings. The Morgan fingerprint density at radius 3 is 2.70 bits per heavy atom. The molecule has 0 aromatic rings. The summed E-state index contributed by atoms with van der Waals surface area (Å²) in [6.45, 7) is -0.0425. The van der Waals surface area contributed by atoms with Gasteiger partial charge in [0.1, 0.15) is 6.10 Å². The standard InChI is InChI=1S/C6H12O4/c7-2-5(9)6-1-4(8)3-10-6/h4-9H,1-3H2/t4-,5?,6?/m0/s1. The van der Waals surface area contributed by atoms with Gasteiger partial charge in [-0.25, -0.2) is 0 Å². The molecule has 10 heavy (non-hydrogen) atoms. The third-order valence-corrected chi connectivity index (χ3v) is 1.62. The zero-order chi connectivity index (χ0) is 7.56. The second kappa shape index (κ2) is 3.30. The van der Waals surface area contributed by atoms with E-state index in [1.165, 1.54) is 0 Å². The highest BCUT2D eigenvalue weighted by Crippen LogP contribution is 2.15. The highest BCUT2D eigenvalue weighted by molar-refractivity contribution is 4.77. The maximum absolute atomic E-state index is 8.99. The van der Waals surface area contributed by atoms with Gasteiger partial charge in [0.25, 0.3) is 0 Å². The number of aliphatic hydroxyl groups is 3. The van der Waals surface area contributed by atoms with Crippen LogP contribution in [0.4, 0.5) is 0 Å². The maximum atomic E-state index is 8.99. The molecule has 0 amide bonds. The molecule has 4 heteroatoms. The van der Waals surface area contributed by atoms with Gasteiger partial charge in [0.15, 0.2) is 0 Å². The Bertz CT molecular complexity index is 106. The van der Waals surface area contributed by atoms with Crippen molar-refractivity contribution < 1.29 is 20.1 Å². The molecule has 0 bridgehead atoms. The van der Waals surface area contributed by atoms with Crippen LogP contribution in [0.15, 0.2) is 0 Å². The third-order valence-electron chi connectivity index (χ3n) is 1.62. The van der Waals surface area contributed by atoms with Crippen molar-refractivity contribution in [3.05, 3.63) is 0 Å². The Hall–Kier alpha value is -0.160. The average Bonchev–Trinajstić information content (AvgIpc) is 2.34. The van der Waals surface area contributed by atoms with Crippen LogP contribution in [0.2, 0.25) is 0 Å². The van der Waals surface area contributed by atoms with Gasteiger partial charge in [0, 0.05) is 6.42 Å². The van der Waals surface area contributed by atoms with E-state index in [1.54, 1.807) is 0 Å². The minimum absolute atomic E-state index is 0.266. The normalized spacial score (nSPS) is 36.3. The molecule has 60 valence electrons. The second-order valence-corrected chi connectivity index (χ2v) is 2.51. The van der Waals surface area contributed by atoms with Crippen LogP contribution >= 0.6 is 0 Å². The summed E-state index contributed by atoms with van der Waals surface area (Å²) in [5.74, 6) is 0. The highest BCUT2D eigenvalue weighted by Gasteiger charge is 2.28. The fourth-order valence-corrected chi connectivity index (χ4v) is 1.02. The maximum Gasteiger partial charge on any atom is 0.103 e. The molecule has 1 heterocycles. The van der Waals surface area contributed by atoms with Crippen molar-refractivity contribution in [3.8, 4) is 0 Å². The first-order valence-electron chi connectivity index (χ1n) is 3.32. The minimum atomic E-state index is -0.850. The van der Waals surface area contributed by atoms with E-state index in [-0.39, 0.29) is 19.3 Å². The Morgan fingerprint density at radius 1 is 1.60 bits per heavy atom. The van der Waals surface area contributed by atoms with E-state index in [0.29, 0.717) is 6.42 Å². The summed E-state index contributed by atoms with van der Waals surface area (Å²) in [4.78, 5) is 0. The molecule has 0 aromatic carbocycles. The number of hydrogen-bond donors (Lipinski definition) is 3. The molecule has 3 N–H and O–H groups in total. The van der Waals surface area contributed by atoms with Gasteiger partial charge in [-0.1, -0.05) is 0 Å². The summed E-state index contributed by atoms with van der Waals surface area (Å²) in [5, 5.41) is 26.4. The topological polar surface area (TPSA) is 69.9 Å². The quantitative estimate of drug-likeness (QED) is 0.445. The van der Waals surface area contributed by atoms with Crippen LogP contribution in [-0.4, -0.2) is 46.8 Å². The van der Waals surface area contributed by atoms with Crippen molar-refractivity contribution in [1.29, 1.82) is 0 Å². The average molecular weight is 148 g/mol. The Morgan fingerprint density at radius 2 is 2.30 bits per heavy atom. The van der Waals surface area contributed by atoms with Gasteiger partial charge in [-0.05, 0) is 0 Å². The summed E-state index contributed by atoms with van der Waals surface area (Å²) in [6.07, 6.45) is -1.30. The van der Waals surface area contributed by atoms with E-state index in [1.807, 2.05) is 0 Å². The summed E-state index contributed by atoms with van der Waals surface area (Å²) in [7, 11) is 0. The van der Waals surface area contributed by atoms with Crippen molar-refractivity contribution in [2.24, 2.45) is 0 Å². The van der Waals surface area contributed by atoms with Crippen LogP contribution in [0.3, 0.4) is 0 Å². The van der Waals surface area contributed by atoms with Crippen molar-refractivity contribution in [1.82, 2.24) is 0 Å². The highest BCUT2D eigenvalue weighted by atomic mass is 16.5. The van der Waals surface area contributed by atoms with E-state index in [4.69, 9.17) is 20.1 Å². The lowest BCUT2D eigenvalue weighted by atomic mass is 10.1. The zero-order valence-corrected chi connectivity index (χ0v) is 5.60. The van der Waals surface area contributed by atoms with Crippen LogP contribution in [0.1, 0.15) is 6.42 Å². The van der Waals surface area contributed by atoms with Crippen molar-refractivity contribution >= 4 is 0 Å². The van der Waals surface area contributed by atoms with Gasteiger partial charge in [-0.3, -0.25) is 0 Å². The zero-order valence-electron chi connectivity index (χ0n) is 5.60. The summed E-state index contributed by atoms with van der Waals surface area (Å²) in [5.41, 5.74) is 0. The van der Waals surface area contributed by atoms with Crippen LogP contribution in [0.5, 0.6) is 0 Å². The van der Waals surface area contributed by atoms with Crippen LogP contribution in [0.25, 0.3) is 0 Å². The fourth-order valence-electron chi connectivity index (χ4n) is 1.02. The first-order chi connectivity index (χ1) is 4.74. The molecule has 0 saturated carbocycles. The fraction of sp³-hybridized carbons (Fsp3) is 1.00. The lowest BCUT2D eigenvalue weighted by molar-refractivity contribution is -0.0291. The third kappa shape index (κ3) is 1.67.